The van der Waals surface area contributed by atoms with E-state index in [1.54, 1.807) is 13.0 Å². The summed E-state index contributed by atoms with van der Waals surface area (Å²) in [5.41, 5.74) is 2.74. The van der Waals surface area contributed by atoms with E-state index in [0.717, 1.165) is 11.1 Å². The van der Waals surface area contributed by atoms with Crippen LogP contribution in [0.15, 0.2) is 18.2 Å². The van der Waals surface area contributed by atoms with Crippen LogP contribution in [0.2, 0.25) is 0 Å². The summed E-state index contributed by atoms with van der Waals surface area (Å²) in [7, 11) is 0. The molecule has 0 aliphatic heterocycles. The molecule has 0 bridgehead atoms. The first-order valence-corrected chi connectivity index (χ1v) is 5.76. The lowest BCUT2D eigenvalue weighted by Gasteiger charge is -2.07. The van der Waals surface area contributed by atoms with Crippen molar-refractivity contribution in [3.8, 4) is 11.1 Å². The van der Waals surface area contributed by atoms with E-state index in [9.17, 15) is 13.2 Å². The summed E-state index contributed by atoms with van der Waals surface area (Å²) >= 11 is 0. The largest absolute Gasteiger partial charge is 0.206 e. The molecule has 3 heteroatoms. The molecular formula is C15H11F3. The first-order valence-electron chi connectivity index (χ1n) is 5.76. The van der Waals surface area contributed by atoms with Gasteiger partial charge in [0.25, 0.3) is 0 Å². The van der Waals surface area contributed by atoms with Crippen LogP contribution in [0.25, 0.3) is 11.1 Å². The average Bonchev–Trinajstić information content (AvgIpc) is 2.64. The molecule has 0 atom stereocenters. The van der Waals surface area contributed by atoms with Crippen molar-refractivity contribution in [2.24, 2.45) is 0 Å². The second-order valence-corrected chi connectivity index (χ2v) is 4.81. The number of hydrogen-bond acceptors (Lipinski definition) is 0. The zero-order valence-corrected chi connectivity index (χ0v) is 10.1. The highest BCUT2D eigenvalue weighted by Gasteiger charge is 2.28. The molecule has 0 saturated heterocycles. The van der Waals surface area contributed by atoms with Gasteiger partial charge < -0.3 is 0 Å². The fourth-order valence-electron chi connectivity index (χ4n) is 2.67. The third-order valence-electron chi connectivity index (χ3n) is 3.42. The number of fused-ring (bicyclic) bond motifs is 3. The van der Waals surface area contributed by atoms with Crippen molar-refractivity contribution < 1.29 is 13.2 Å². The lowest BCUT2D eigenvalue weighted by atomic mass is 10.0. The van der Waals surface area contributed by atoms with Crippen molar-refractivity contribution in [1.29, 1.82) is 0 Å². The Balaban J connectivity index is 2.38. The van der Waals surface area contributed by atoms with Gasteiger partial charge in [-0.05, 0) is 48.6 Å². The molecule has 18 heavy (non-hydrogen) atoms. The van der Waals surface area contributed by atoms with Crippen molar-refractivity contribution in [2.45, 2.75) is 20.3 Å². The van der Waals surface area contributed by atoms with E-state index < -0.39 is 17.5 Å². The Hall–Kier alpha value is -1.77. The van der Waals surface area contributed by atoms with Gasteiger partial charge in [-0.25, -0.2) is 13.2 Å². The summed E-state index contributed by atoms with van der Waals surface area (Å²) in [6.07, 6.45) is 0.460. The quantitative estimate of drug-likeness (QED) is 0.556. The first kappa shape index (κ1) is 11.3. The molecule has 0 fully saturated rings. The molecule has 0 heterocycles. The number of rotatable bonds is 0. The third-order valence-corrected chi connectivity index (χ3v) is 3.42. The van der Waals surface area contributed by atoms with Crippen molar-refractivity contribution >= 4 is 0 Å². The second kappa shape index (κ2) is 3.61. The van der Waals surface area contributed by atoms with Gasteiger partial charge in [-0.15, -0.1) is 0 Å². The van der Waals surface area contributed by atoms with Crippen molar-refractivity contribution in [1.82, 2.24) is 0 Å². The molecule has 1 aliphatic carbocycles. The molecule has 2 aromatic carbocycles. The summed E-state index contributed by atoms with van der Waals surface area (Å²) < 4.78 is 41.5. The fraction of sp³-hybridized carbons (Fsp3) is 0.200. The van der Waals surface area contributed by atoms with Gasteiger partial charge in [0.2, 0.25) is 0 Å². The summed E-state index contributed by atoms with van der Waals surface area (Å²) in [6, 6.07) is 4.78. The SMILES string of the molecule is Cc1cc(F)c2c(c1)Cc1cc(C)c(F)c(F)c1-2. The van der Waals surface area contributed by atoms with E-state index in [2.05, 4.69) is 0 Å². The lowest BCUT2D eigenvalue weighted by molar-refractivity contribution is 0.504. The average molecular weight is 248 g/mol. The van der Waals surface area contributed by atoms with Crippen LogP contribution in [-0.2, 0) is 6.42 Å². The smallest absolute Gasteiger partial charge is 0.167 e. The van der Waals surface area contributed by atoms with Gasteiger partial charge in [0.1, 0.15) is 5.82 Å². The Kier molecular flexibility index (Phi) is 2.27. The van der Waals surface area contributed by atoms with Gasteiger partial charge >= 0.3 is 0 Å². The molecule has 3 rings (SSSR count). The fourth-order valence-corrected chi connectivity index (χ4v) is 2.67. The third kappa shape index (κ3) is 1.40. The van der Waals surface area contributed by atoms with E-state index in [4.69, 9.17) is 0 Å². The maximum absolute atomic E-state index is 14.0. The molecule has 0 amide bonds. The summed E-state index contributed by atoms with van der Waals surface area (Å²) in [5, 5.41) is 0. The van der Waals surface area contributed by atoms with Crippen LogP contribution in [0.4, 0.5) is 13.2 Å². The van der Waals surface area contributed by atoms with Crippen molar-refractivity contribution in [2.75, 3.05) is 0 Å². The molecule has 0 spiro atoms. The van der Waals surface area contributed by atoms with Crippen LogP contribution >= 0.6 is 0 Å². The van der Waals surface area contributed by atoms with E-state index in [0.29, 0.717) is 12.0 Å². The Labute approximate surface area is 103 Å². The van der Waals surface area contributed by atoms with Crippen LogP contribution in [0.1, 0.15) is 22.3 Å². The van der Waals surface area contributed by atoms with E-state index in [-0.39, 0.29) is 16.7 Å². The van der Waals surface area contributed by atoms with Crippen molar-refractivity contribution in [3.63, 3.8) is 0 Å². The van der Waals surface area contributed by atoms with Gasteiger partial charge in [-0.1, -0.05) is 12.1 Å². The van der Waals surface area contributed by atoms with Crippen LogP contribution in [0.3, 0.4) is 0 Å². The number of aryl methyl sites for hydroxylation is 2. The van der Waals surface area contributed by atoms with Crippen LogP contribution in [-0.4, -0.2) is 0 Å². The Bertz CT molecular complexity index is 672. The molecular weight excluding hydrogens is 237 g/mol. The second-order valence-electron chi connectivity index (χ2n) is 4.81. The highest BCUT2D eigenvalue weighted by Crippen LogP contribution is 2.41. The minimum Gasteiger partial charge on any atom is -0.206 e. The van der Waals surface area contributed by atoms with Gasteiger partial charge in [-0.3, -0.25) is 0 Å². The highest BCUT2D eigenvalue weighted by atomic mass is 19.2. The summed E-state index contributed by atoms with van der Waals surface area (Å²) in [6.45, 7) is 3.30. The Morgan fingerprint density at radius 3 is 2.22 bits per heavy atom. The maximum atomic E-state index is 14.0. The van der Waals surface area contributed by atoms with Gasteiger partial charge in [-0.2, -0.15) is 0 Å². The Morgan fingerprint density at radius 1 is 0.833 bits per heavy atom. The molecule has 0 N–H and O–H groups in total. The number of halogens is 3. The molecule has 0 radical (unpaired) electrons. The molecule has 1 aliphatic rings. The Morgan fingerprint density at radius 2 is 1.50 bits per heavy atom. The molecule has 0 nitrogen and oxygen atoms in total. The van der Waals surface area contributed by atoms with E-state index >= 15 is 0 Å². The highest BCUT2D eigenvalue weighted by molar-refractivity contribution is 5.78. The predicted octanol–water partition coefficient (Wildman–Crippen LogP) is 4.29. The minimum atomic E-state index is -0.938. The number of benzene rings is 2. The van der Waals surface area contributed by atoms with Gasteiger partial charge in [0.15, 0.2) is 11.6 Å². The normalized spacial score (nSPS) is 12.5. The topological polar surface area (TPSA) is 0 Å². The standard InChI is InChI=1S/C15H11F3/c1-7-3-9-6-10-5-8(2)14(17)15(18)13(10)12(9)11(16)4-7/h3-5H,6H2,1-2H3. The van der Waals surface area contributed by atoms with Gasteiger partial charge in [0, 0.05) is 11.1 Å². The molecule has 0 unspecified atom stereocenters. The van der Waals surface area contributed by atoms with Crippen LogP contribution in [0.5, 0.6) is 0 Å². The zero-order chi connectivity index (χ0) is 13.0. The van der Waals surface area contributed by atoms with Crippen LogP contribution in [0, 0.1) is 31.3 Å². The van der Waals surface area contributed by atoms with Crippen molar-refractivity contribution in [3.05, 3.63) is 57.9 Å². The zero-order valence-electron chi connectivity index (χ0n) is 10.1. The minimum absolute atomic E-state index is 0.0885. The summed E-state index contributed by atoms with van der Waals surface area (Å²) in [5.74, 6) is -2.31. The predicted molar refractivity (Wildman–Crippen MR) is 64.0 cm³/mol. The molecule has 0 saturated carbocycles. The van der Waals surface area contributed by atoms with Crippen LogP contribution < -0.4 is 0 Å². The monoisotopic (exact) mass is 248 g/mol. The van der Waals surface area contributed by atoms with E-state index in [1.807, 2.05) is 6.07 Å². The summed E-state index contributed by atoms with van der Waals surface area (Å²) in [4.78, 5) is 0. The van der Waals surface area contributed by atoms with E-state index in [1.165, 1.54) is 13.0 Å². The molecule has 92 valence electrons. The molecule has 0 aromatic heterocycles. The van der Waals surface area contributed by atoms with Gasteiger partial charge in [0.05, 0.1) is 0 Å². The maximum Gasteiger partial charge on any atom is 0.167 e. The lowest BCUT2D eigenvalue weighted by Crippen LogP contribution is -1.96. The molecule has 2 aromatic rings. The number of hydrogen-bond donors (Lipinski definition) is 0. The first-order chi connectivity index (χ1) is 8.49.